The molecule has 0 amide bonds. The average molecular weight is 669 g/mol. The molecule has 0 saturated heterocycles. The van der Waals surface area contributed by atoms with Crippen molar-refractivity contribution in [3.63, 3.8) is 0 Å². The van der Waals surface area contributed by atoms with Crippen LogP contribution in [0.25, 0.3) is 0 Å². The normalized spacial score (nSPS) is 12.3. The molecule has 0 unspecified atom stereocenters. The Bertz CT molecular complexity index is 1770. The molecule has 4 aromatic carbocycles. The number of hydrogen-bond acceptors (Lipinski definition) is 4. The molecule has 0 aliphatic heterocycles. The molecule has 8 heteroatoms. The third-order valence-electron chi connectivity index (χ3n) is 9.52. The summed E-state index contributed by atoms with van der Waals surface area (Å²) in [5.41, 5.74) is 2.63. The van der Waals surface area contributed by atoms with E-state index < -0.39 is 15.6 Å². The molecule has 254 valence electrons. The van der Waals surface area contributed by atoms with E-state index in [0.717, 1.165) is 47.9 Å². The lowest BCUT2D eigenvalue weighted by Gasteiger charge is -2.34. The van der Waals surface area contributed by atoms with Gasteiger partial charge in [0.15, 0.2) is 0 Å². The summed E-state index contributed by atoms with van der Waals surface area (Å²) in [5, 5.41) is 9.77. The third-order valence-corrected chi connectivity index (χ3v) is 10.5. The first-order valence-electron chi connectivity index (χ1n) is 16.1. The maximum Gasteiger partial charge on any atom is 0.534 e. The van der Waals surface area contributed by atoms with Crippen LogP contribution in [0.2, 0.25) is 0 Å². The summed E-state index contributed by atoms with van der Waals surface area (Å²) in [4.78, 5) is 0. The van der Waals surface area contributed by atoms with E-state index in [1.165, 1.54) is 29.7 Å². The van der Waals surface area contributed by atoms with Crippen LogP contribution in [0.3, 0.4) is 0 Å². The van der Waals surface area contributed by atoms with Crippen molar-refractivity contribution in [1.82, 2.24) is 0 Å². The number of phenolic OH excluding ortho intramolecular Hbond substituents is 1. The van der Waals surface area contributed by atoms with Crippen LogP contribution in [-0.2, 0) is 20.9 Å². The summed E-state index contributed by atoms with van der Waals surface area (Å²) in [5.74, 6) is 0.0560. The van der Waals surface area contributed by atoms with Gasteiger partial charge in [-0.2, -0.15) is 21.6 Å². The molecule has 0 radical (unpaired) electrons. The fourth-order valence-corrected chi connectivity index (χ4v) is 7.03. The number of hydrogen-bond donors (Lipinski definition) is 1. The van der Waals surface area contributed by atoms with E-state index in [-0.39, 0.29) is 16.6 Å². The quantitative estimate of drug-likeness (QED) is 0.135. The molecule has 0 fully saturated rings. The van der Waals surface area contributed by atoms with E-state index in [0.29, 0.717) is 11.3 Å². The summed E-state index contributed by atoms with van der Waals surface area (Å²) in [6.45, 7) is 16.2. The number of alkyl halides is 3. The Balaban J connectivity index is 0.000000267. The summed E-state index contributed by atoms with van der Waals surface area (Å²) < 4.78 is 64.6. The van der Waals surface area contributed by atoms with E-state index in [9.17, 15) is 26.7 Å². The Kier molecular flexibility index (Phi) is 12.0. The van der Waals surface area contributed by atoms with E-state index >= 15 is 0 Å². The van der Waals surface area contributed by atoms with Crippen molar-refractivity contribution in [3.8, 4) is 11.5 Å². The van der Waals surface area contributed by atoms with Crippen molar-refractivity contribution in [2.24, 2.45) is 0 Å². The van der Waals surface area contributed by atoms with E-state index in [1.54, 1.807) is 12.1 Å². The second kappa shape index (κ2) is 15.0. The molecule has 0 aliphatic rings. The van der Waals surface area contributed by atoms with Gasteiger partial charge in [-0.15, -0.1) is 0 Å². The van der Waals surface area contributed by atoms with Gasteiger partial charge in [-0.1, -0.05) is 112 Å². The fraction of sp³-hybridized carbons (Fsp3) is 0.385. The second-order valence-corrected chi connectivity index (χ2v) is 13.8. The van der Waals surface area contributed by atoms with Gasteiger partial charge in [0, 0.05) is 10.8 Å². The van der Waals surface area contributed by atoms with Gasteiger partial charge in [0.05, 0.1) is 0 Å². The van der Waals surface area contributed by atoms with Gasteiger partial charge >= 0.3 is 15.6 Å². The molecule has 0 aromatic heterocycles. The maximum atomic E-state index is 12.6. The van der Waals surface area contributed by atoms with Gasteiger partial charge in [0.1, 0.15) is 11.5 Å². The Morgan fingerprint density at radius 2 is 1.00 bits per heavy atom. The van der Waals surface area contributed by atoms with Crippen molar-refractivity contribution >= 4 is 10.1 Å². The zero-order chi connectivity index (χ0) is 35.2. The number of rotatable bonds is 10. The molecule has 4 nitrogen and oxygen atoms in total. The van der Waals surface area contributed by atoms with Crippen molar-refractivity contribution in [3.05, 3.63) is 129 Å². The summed E-state index contributed by atoms with van der Waals surface area (Å²) in [7, 11) is -5.69. The molecule has 47 heavy (non-hydrogen) atoms. The van der Waals surface area contributed by atoms with Gasteiger partial charge < -0.3 is 9.29 Å². The Labute approximate surface area is 278 Å². The molecule has 0 spiro atoms. The topological polar surface area (TPSA) is 63.6 Å². The lowest BCUT2D eigenvalue weighted by molar-refractivity contribution is -0.0500. The van der Waals surface area contributed by atoms with Crippen LogP contribution in [0.15, 0.2) is 84.9 Å². The number of aromatic hydroxyl groups is 1. The smallest absolute Gasteiger partial charge is 0.508 e. The van der Waals surface area contributed by atoms with Crippen LogP contribution in [0.1, 0.15) is 97.9 Å². The van der Waals surface area contributed by atoms with E-state index in [4.69, 9.17) is 0 Å². The minimum atomic E-state index is -5.69. The van der Waals surface area contributed by atoms with E-state index in [2.05, 4.69) is 81.3 Å². The Morgan fingerprint density at radius 3 is 1.36 bits per heavy atom. The van der Waals surface area contributed by atoms with Crippen LogP contribution >= 0.6 is 0 Å². The zero-order valence-corrected chi connectivity index (χ0v) is 29.4. The summed E-state index contributed by atoms with van der Waals surface area (Å²) in [6, 6.07) is 27.6. The lowest BCUT2D eigenvalue weighted by Crippen LogP contribution is -2.29. The number of aryl methyl sites for hydroxylation is 4. The van der Waals surface area contributed by atoms with Crippen molar-refractivity contribution in [2.45, 2.75) is 97.4 Å². The first-order chi connectivity index (χ1) is 22.0. The van der Waals surface area contributed by atoms with Crippen molar-refractivity contribution in [2.75, 3.05) is 0 Å². The van der Waals surface area contributed by atoms with Crippen LogP contribution < -0.4 is 4.18 Å². The SMILES string of the molecule is CCC(CC)(c1cccc(C)c1)c1ccc(O)c(C)c1.CCC(CC)(c1cccc(C)c1)c1ccc(OS(=O)(=O)C(F)(F)F)c(C)c1. The molecule has 0 saturated carbocycles. The lowest BCUT2D eigenvalue weighted by atomic mass is 9.70. The first kappa shape index (κ1) is 37.7. The predicted octanol–water partition coefficient (Wildman–Crippen LogP) is 10.8. The third kappa shape index (κ3) is 8.03. The zero-order valence-electron chi connectivity index (χ0n) is 28.6. The number of halogens is 3. The van der Waals surface area contributed by atoms with Gasteiger partial charge in [-0.3, -0.25) is 0 Å². The monoisotopic (exact) mass is 668 g/mol. The molecule has 0 heterocycles. The first-order valence-corrected chi connectivity index (χ1v) is 17.5. The molecule has 0 atom stereocenters. The molecule has 4 rings (SSSR count). The molecular weight excluding hydrogens is 621 g/mol. The summed E-state index contributed by atoms with van der Waals surface area (Å²) in [6.07, 6.45) is 3.68. The molecule has 4 aromatic rings. The highest BCUT2D eigenvalue weighted by atomic mass is 32.2. The summed E-state index contributed by atoms with van der Waals surface area (Å²) >= 11 is 0. The van der Waals surface area contributed by atoms with Crippen LogP contribution in [0.5, 0.6) is 11.5 Å². The minimum Gasteiger partial charge on any atom is -0.508 e. The van der Waals surface area contributed by atoms with Crippen molar-refractivity contribution < 1.29 is 30.9 Å². The molecule has 0 bridgehead atoms. The Morgan fingerprint density at radius 1 is 0.596 bits per heavy atom. The van der Waals surface area contributed by atoms with Gasteiger partial charge in [-0.25, -0.2) is 0 Å². The largest absolute Gasteiger partial charge is 0.534 e. The Hall–Kier alpha value is -3.78. The molecule has 0 aliphatic carbocycles. The van der Waals surface area contributed by atoms with Crippen LogP contribution in [0, 0.1) is 27.7 Å². The van der Waals surface area contributed by atoms with Crippen molar-refractivity contribution in [1.29, 1.82) is 0 Å². The minimum absolute atomic E-state index is 0.0322. The van der Waals surface area contributed by atoms with Gasteiger partial charge in [0.25, 0.3) is 0 Å². The van der Waals surface area contributed by atoms with Gasteiger partial charge in [-0.05, 0) is 98.9 Å². The van der Waals surface area contributed by atoms with Crippen LogP contribution in [-0.4, -0.2) is 19.0 Å². The van der Waals surface area contributed by atoms with E-state index in [1.807, 2.05) is 38.1 Å². The predicted molar refractivity (Wildman–Crippen MR) is 185 cm³/mol. The second-order valence-electron chi connectivity index (χ2n) is 12.3. The molecule has 1 N–H and O–H groups in total. The molecular formula is C39H47F3O4S. The van der Waals surface area contributed by atoms with Crippen LogP contribution in [0.4, 0.5) is 13.2 Å². The maximum absolute atomic E-state index is 12.6. The average Bonchev–Trinajstić information content (AvgIpc) is 3.02. The number of phenols is 1. The number of benzene rings is 4. The highest BCUT2D eigenvalue weighted by molar-refractivity contribution is 7.88. The van der Waals surface area contributed by atoms with Gasteiger partial charge in [0.2, 0.25) is 0 Å². The highest BCUT2D eigenvalue weighted by Crippen LogP contribution is 2.42. The highest BCUT2D eigenvalue weighted by Gasteiger charge is 2.48. The standard InChI is InChI=1S/C20H23F3O3S.C19H24O/c1-5-19(6-2,16-9-7-8-14(3)12-16)17-10-11-18(15(4)13-17)26-27(24,25)20(21,22)23;1-5-19(6-2,16-9-7-8-14(3)12-16)17-10-11-18(20)15(4)13-17/h7-13H,5-6H2,1-4H3;7-13,20H,5-6H2,1-4H3. The fourth-order valence-electron chi connectivity index (χ4n) is 6.51.